The van der Waals surface area contributed by atoms with E-state index in [-0.39, 0.29) is 18.4 Å². The van der Waals surface area contributed by atoms with Crippen molar-refractivity contribution in [1.82, 2.24) is 14.9 Å². The van der Waals surface area contributed by atoms with Crippen LogP contribution in [-0.2, 0) is 17.8 Å². The fraction of sp³-hybridized carbons (Fsp3) is 0.125. The largest absolute Gasteiger partial charge is 0.352 e. The predicted molar refractivity (Wildman–Crippen MR) is 130 cm³/mol. The SMILES string of the molecule is O=C(Cn1c(CCNC(=O)c2ccc(Cl)cc2)nc2ccccc21)Nc1cccc(Br)c1. The molecule has 0 saturated carbocycles. The van der Waals surface area contributed by atoms with Crippen LogP contribution in [0, 0.1) is 0 Å². The first kappa shape index (κ1) is 22.0. The molecule has 1 heterocycles. The molecule has 32 heavy (non-hydrogen) atoms. The van der Waals surface area contributed by atoms with Crippen molar-refractivity contribution < 1.29 is 9.59 Å². The number of nitrogens with zero attached hydrogens (tertiary/aromatic N) is 2. The molecule has 0 radical (unpaired) electrons. The lowest BCUT2D eigenvalue weighted by Gasteiger charge is -2.11. The highest BCUT2D eigenvalue weighted by Gasteiger charge is 2.14. The van der Waals surface area contributed by atoms with Crippen LogP contribution in [0.3, 0.4) is 0 Å². The Balaban J connectivity index is 1.46. The van der Waals surface area contributed by atoms with Crippen molar-refractivity contribution in [3.05, 3.63) is 93.7 Å². The molecule has 0 aliphatic heterocycles. The Labute approximate surface area is 198 Å². The molecule has 0 unspecified atom stereocenters. The normalized spacial score (nSPS) is 10.8. The fourth-order valence-electron chi connectivity index (χ4n) is 3.39. The number of carbonyl (C=O) groups excluding carboxylic acids is 2. The minimum Gasteiger partial charge on any atom is -0.352 e. The van der Waals surface area contributed by atoms with Gasteiger partial charge in [-0.3, -0.25) is 9.59 Å². The number of rotatable bonds is 7. The number of aromatic nitrogens is 2. The fourth-order valence-corrected chi connectivity index (χ4v) is 3.92. The van der Waals surface area contributed by atoms with Gasteiger partial charge in [-0.25, -0.2) is 4.98 Å². The summed E-state index contributed by atoms with van der Waals surface area (Å²) in [7, 11) is 0. The number of anilines is 1. The maximum atomic E-state index is 12.7. The van der Waals surface area contributed by atoms with Crippen molar-refractivity contribution in [3.63, 3.8) is 0 Å². The van der Waals surface area contributed by atoms with Crippen molar-refractivity contribution in [3.8, 4) is 0 Å². The minimum absolute atomic E-state index is 0.119. The summed E-state index contributed by atoms with van der Waals surface area (Å²) in [5.74, 6) is 0.390. The molecule has 0 fully saturated rings. The third kappa shape index (κ3) is 5.36. The first-order chi connectivity index (χ1) is 15.5. The zero-order valence-electron chi connectivity index (χ0n) is 17.0. The second-order valence-corrected chi connectivity index (χ2v) is 8.53. The molecule has 2 amide bonds. The van der Waals surface area contributed by atoms with E-state index in [0.29, 0.717) is 29.2 Å². The monoisotopic (exact) mass is 510 g/mol. The van der Waals surface area contributed by atoms with Gasteiger partial charge >= 0.3 is 0 Å². The summed E-state index contributed by atoms with van der Waals surface area (Å²) < 4.78 is 2.78. The topological polar surface area (TPSA) is 76.0 Å². The number of nitrogens with one attached hydrogen (secondary N) is 2. The molecule has 162 valence electrons. The Morgan fingerprint density at radius 1 is 1.00 bits per heavy atom. The molecule has 2 N–H and O–H groups in total. The Bertz CT molecular complexity index is 1270. The van der Waals surface area contributed by atoms with Gasteiger partial charge in [0.05, 0.1) is 11.0 Å². The summed E-state index contributed by atoms with van der Waals surface area (Å²) in [6, 6.07) is 21.8. The summed E-state index contributed by atoms with van der Waals surface area (Å²) in [6.45, 7) is 0.505. The molecule has 4 rings (SSSR count). The number of fused-ring (bicyclic) bond motifs is 1. The molecule has 8 heteroatoms. The van der Waals surface area contributed by atoms with Crippen molar-refractivity contribution in [2.75, 3.05) is 11.9 Å². The van der Waals surface area contributed by atoms with Crippen LogP contribution in [0.25, 0.3) is 11.0 Å². The van der Waals surface area contributed by atoms with E-state index in [0.717, 1.165) is 21.3 Å². The third-order valence-electron chi connectivity index (χ3n) is 4.88. The van der Waals surface area contributed by atoms with Gasteiger partial charge in [-0.15, -0.1) is 0 Å². The lowest BCUT2D eigenvalue weighted by molar-refractivity contribution is -0.116. The van der Waals surface area contributed by atoms with Crippen LogP contribution >= 0.6 is 27.5 Å². The van der Waals surface area contributed by atoms with Gasteiger partial charge in [0.15, 0.2) is 0 Å². The van der Waals surface area contributed by atoms with E-state index in [9.17, 15) is 9.59 Å². The van der Waals surface area contributed by atoms with Gasteiger partial charge in [-0.1, -0.05) is 45.7 Å². The number of hydrogen-bond donors (Lipinski definition) is 2. The summed E-state index contributed by atoms with van der Waals surface area (Å²) in [5.41, 5.74) is 2.93. The quantitative estimate of drug-likeness (QED) is 0.364. The lowest BCUT2D eigenvalue weighted by Crippen LogP contribution is -2.27. The molecule has 4 aromatic rings. The number of imidazole rings is 1. The van der Waals surface area contributed by atoms with Crippen LogP contribution in [0.2, 0.25) is 5.02 Å². The number of hydrogen-bond acceptors (Lipinski definition) is 3. The van der Waals surface area contributed by atoms with Crippen LogP contribution in [0.4, 0.5) is 5.69 Å². The molecule has 0 atom stereocenters. The highest BCUT2D eigenvalue weighted by Crippen LogP contribution is 2.18. The molecule has 0 bridgehead atoms. The van der Waals surface area contributed by atoms with Gasteiger partial charge in [0.25, 0.3) is 5.91 Å². The van der Waals surface area contributed by atoms with Crippen LogP contribution < -0.4 is 10.6 Å². The first-order valence-electron chi connectivity index (χ1n) is 10.0. The smallest absolute Gasteiger partial charge is 0.251 e. The van der Waals surface area contributed by atoms with E-state index < -0.39 is 0 Å². The number of benzene rings is 3. The molecular formula is C24H20BrClN4O2. The number of amides is 2. The van der Waals surface area contributed by atoms with Gasteiger partial charge in [0.1, 0.15) is 12.4 Å². The molecule has 0 saturated heterocycles. The second-order valence-electron chi connectivity index (χ2n) is 7.17. The summed E-state index contributed by atoms with van der Waals surface area (Å²) in [5, 5.41) is 6.39. The summed E-state index contributed by atoms with van der Waals surface area (Å²) >= 11 is 9.29. The van der Waals surface area contributed by atoms with Crippen LogP contribution in [0.15, 0.2) is 77.3 Å². The minimum atomic E-state index is -0.184. The van der Waals surface area contributed by atoms with E-state index >= 15 is 0 Å². The molecule has 6 nitrogen and oxygen atoms in total. The average molecular weight is 512 g/mol. The van der Waals surface area contributed by atoms with E-state index in [1.54, 1.807) is 24.3 Å². The van der Waals surface area contributed by atoms with Crippen LogP contribution in [0.5, 0.6) is 0 Å². The number of para-hydroxylation sites is 2. The van der Waals surface area contributed by atoms with Gasteiger partial charge < -0.3 is 15.2 Å². The highest BCUT2D eigenvalue weighted by atomic mass is 79.9. The predicted octanol–water partition coefficient (Wildman–Crippen LogP) is 5.06. The van der Waals surface area contributed by atoms with Crippen LogP contribution in [0.1, 0.15) is 16.2 Å². The maximum Gasteiger partial charge on any atom is 0.251 e. The number of carbonyl (C=O) groups is 2. The Morgan fingerprint density at radius 3 is 2.56 bits per heavy atom. The Morgan fingerprint density at radius 2 is 1.78 bits per heavy atom. The van der Waals surface area contributed by atoms with Crippen molar-refractivity contribution in [1.29, 1.82) is 0 Å². The van der Waals surface area contributed by atoms with Gasteiger partial charge in [-0.05, 0) is 54.6 Å². The third-order valence-corrected chi connectivity index (χ3v) is 5.63. The first-order valence-corrected chi connectivity index (χ1v) is 11.2. The molecule has 3 aromatic carbocycles. The van der Waals surface area contributed by atoms with Crippen molar-refractivity contribution in [2.45, 2.75) is 13.0 Å². The van der Waals surface area contributed by atoms with E-state index in [1.165, 1.54) is 0 Å². The molecular weight excluding hydrogens is 492 g/mol. The molecule has 1 aromatic heterocycles. The van der Waals surface area contributed by atoms with Crippen LogP contribution in [-0.4, -0.2) is 27.9 Å². The lowest BCUT2D eigenvalue weighted by atomic mass is 10.2. The van der Waals surface area contributed by atoms with Gasteiger partial charge in [0, 0.05) is 33.7 Å². The van der Waals surface area contributed by atoms with E-state index in [4.69, 9.17) is 11.6 Å². The van der Waals surface area contributed by atoms with Crippen molar-refractivity contribution >= 4 is 56.1 Å². The number of halogens is 2. The van der Waals surface area contributed by atoms with Gasteiger partial charge in [0.2, 0.25) is 5.91 Å². The molecule has 0 aliphatic carbocycles. The zero-order chi connectivity index (χ0) is 22.5. The summed E-state index contributed by atoms with van der Waals surface area (Å²) in [4.78, 5) is 29.8. The average Bonchev–Trinajstić information content (AvgIpc) is 3.11. The summed E-state index contributed by atoms with van der Waals surface area (Å²) in [6.07, 6.45) is 0.484. The standard InChI is InChI=1S/C24H20BrClN4O2/c25-17-4-3-5-19(14-17)28-23(31)15-30-21-7-2-1-6-20(21)29-22(30)12-13-27-24(32)16-8-10-18(26)11-9-16/h1-11,14H,12-13,15H2,(H,27,32)(H,28,31). The maximum absolute atomic E-state index is 12.7. The molecule has 0 aliphatic rings. The van der Waals surface area contributed by atoms with Crippen molar-refractivity contribution in [2.24, 2.45) is 0 Å². The Hall–Kier alpha value is -3.16. The second kappa shape index (κ2) is 9.97. The van der Waals surface area contributed by atoms with Gasteiger partial charge in [-0.2, -0.15) is 0 Å². The Kier molecular flexibility index (Phi) is 6.87. The highest BCUT2D eigenvalue weighted by molar-refractivity contribution is 9.10. The molecule has 0 spiro atoms. The van der Waals surface area contributed by atoms with E-state index in [2.05, 4.69) is 31.5 Å². The van der Waals surface area contributed by atoms with E-state index in [1.807, 2.05) is 53.1 Å². The zero-order valence-corrected chi connectivity index (χ0v) is 19.4.